The van der Waals surface area contributed by atoms with Gasteiger partial charge in [0, 0.05) is 18.0 Å². The maximum absolute atomic E-state index is 13.5. The van der Waals surface area contributed by atoms with Gasteiger partial charge in [-0.3, -0.25) is 4.79 Å². The Balaban J connectivity index is 1.16. The van der Waals surface area contributed by atoms with Crippen molar-refractivity contribution in [3.05, 3.63) is 24.0 Å². The molecule has 0 heterocycles. The molecule has 0 spiro atoms. The molecular formula is C24H32F3NO5. The van der Waals surface area contributed by atoms with E-state index in [0.717, 1.165) is 56.7 Å². The van der Waals surface area contributed by atoms with Crippen molar-refractivity contribution < 1.29 is 37.3 Å². The van der Waals surface area contributed by atoms with Crippen molar-refractivity contribution in [1.29, 1.82) is 0 Å². The molecule has 6 nitrogen and oxygen atoms in total. The minimum absolute atomic E-state index is 0.0424. The fourth-order valence-corrected chi connectivity index (χ4v) is 4.63. The number of rotatable bonds is 10. The summed E-state index contributed by atoms with van der Waals surface area (Å²) in [7, 11) is 0. The first-order chi connectivity index (χ1) is 15.7. The highest BCUT2D eigenvalue weighted by atomic mass is 19.3. The number of halogens is 3. The van der Waals surface area contributed by atoms with Gasteiger partial charge in [0.2, 0.25) is 5.91 Å². The first-order valence-electron chi connectivity index (χ1n) is 11.7. The molecule has 0 bridgehead atoms. The minimum atomic E-state index is -3.04. The summed E-state index contributed by atoms with van der Waals surface area (Å²) < 4.78 is 54.5. The van der Waals surface area contributed by atoms with Crippen LogP contribution in [0.4, 0.5) is 13.2 Å². The van der Waals surface area contributed by atoms with Gasteiger partial charge < -0.3 is 24.6 Å². The highest BCUT2D eigenvalue weighted by molar-refractivity contribution is 5.80. The number of hydrogen-bond donors (Lipinski definition) is 2. The maximum atomic E-state index is 13.5. The summed E-state index contributed by atoms with van der Waals surface area (Å²) in [6.45, 7) is -0.838. The van der Waals surface area contributed by atoms with Crippen LogP contribution < -0.4 is 14.8 Å². The maximum Gasteiger partial charge on any atom is 0.387 e. The fraction of sp³-hybridized carbons (Fsp3) is 0.708. The van der Waals surface area contributed by atoms with Crippen molar-refractivity contribution in [2.75, 3.05) is 6.61 Å². The Hall–Kier alpha value is -2.00. The van der Waals surface area contributed by atoms with Crippen LogP contribution >= 0.6 is 0 Å². The van der Waals surface area contributed by atoms with E-state index in [4.69, 9.17) is 9.47 Å². The Labute approximate surface area is 191 Å². The van der Waals surface area contributed by atoms with Gasteiger partial charge >= 0.3 is 6.61 Å². The van der Waals surface area contributed by atoms with Gasteiger partial charge in [-0.1, -0.05) is 0 Å². The molecule has 33 heavy (non-hydrogen) atoms. The van der Waals surface area contributed by atoms with Crippen LogP contribution in [-0.4, -0.2) is 48.1 Å². The molecule has 1 aromatic carbocycles. The quantitative estimate of drug-likeness (QED) is 0.535. The molecule has 4 rings (SSSR count). The zero-order chi connectivity index (χ0) is 23.6. The zero-order valence-electron chi connectivity index (χ0n) is 18.8. The Morgan fingerprint density at radius 2 is 1.82 bits per heavy atom. The first-order valence-corrected chi connectivity index (χ1v) is 11.7. The highest BCUT2D eigenvalue weighted by Gasteiger charge is 2.41. The molecule has 0 aromatic heterocycles. The molecule has 3 aliphatic rings. The van der Waals surface area contributed by atoms with E-state index >= 15 is 0 Å². The second-order valence-electron chi connectivity index (χ2n) is 9.80. The largest absolute Gasteiger partial charge is 0.486 e. The van der Waals surface area contributed by atoms with Gasteiger partial charge in [0.1, 0.15) is 11.9 Å². The predicted molar refractivity (Wildman–Crippen MR) is 114 cm³/mol. The summed E-state index contributed by atoms with van der Waals surface area (Å²) in [4.78, 5) is 12.6. The Morgan fingerprint density at radius 1 is 1.12 bits per heavy atom. The van der Waals surface area contributed by atoms with Gasteiger partial charge in [0.05, 0.1) is 18.3 Å². The molecule has 1 atom stereocenters. The third-order valence-corrected chi connectivity index (χ3v) is 6.97. The van der Waals surface area contributed by atoms with Crippen LogP contribution in [0.1, 0.15) is 58.3 Å². The van der Waals surface area contributed by atoms with Gasteiger partial charge in [-0.05, 0) is 76.3 Å². The molecular weight excluding hydrogens is 439 g/mol. The van der Waals surface area contributed by atoms with E-state index in [9.17, 15) is 23.1 Å². The average molecular weight is 472 g/mol. The van der Waals surface area contributed by atoms with E-state index < -0.39 is 18.0 Å². The Kier molecular flexibility index (Phi) is 7.38. The van der Waals surface area contributed by atoms with Gasteiger partial charge in [-0.25, -0.2) is 4.39 Å². The molecule has 1 unspecified atom stereocenters. The number of carbonyl (C=O) groups excluding carboxylic acids is 1. The monoisotopic (exact) mass is 471 g/mol. The van der Waals surface area contributed by atoms with E-state index in [0.29, 0.717) is 25.4 Å². The third-order valence-electron chi connectivity index (χ3n) is 6.97. The summed E-state index contributed by atoms with van der Waals surface area (Å²) in [5, 5.41) is 13.5. The lowest BCUT2D eigenvalue weighted by atomic mass is 9.81. The molecule has 3 aliphatic carbocycles. The number of aliphatic hydroxyl groups is 1. The second kappa shape index (κ2) is 10.1. The van der Waals surface area contributed by atoms with E-state index in [1.807, 2.05) is 6.92 Å². The number of alkyl halides is 2. The molecule has 184 valence electrons. The van der Waals surface area contributed by atoms with Crippen molar-refractivity contribution in [2.24, 2.45) is 11.8 Å². The van der Waals surface area contributed by atoms with Crippen LogP contribution in [0, 0.1) is 17.7 Å². The SMILES string of the molecule is CC(O)(CO[C@H]1CC[C@H](NC(=O)[C@H]2C[C@H](Oc3cc(F)ccc3OC(F)F)C2)CC1)C1CC1. The number of carbonyl (C=O) groups is 1. The lowest BCUT2D eigenvalue weighted by Gasteiger charge is -2.37. The molecule has 3 fully saturated rings. The highest BCUT2D eigenvalue weighted by Crippen LogP contribution is 2.40. The number of nitrogens with one attached hydrogen (secondary N) is 1. The Morgan fingerprint density at radius 3 is 2.45 bits per heavy atom. The molecule has 0 radical (unpaired) electrons. The molecule has 0 aliphatic heterocycles. The minimum Gasteiger partial charge on any atom is -0.486 e. The van der Waals surface area contributed by atoms with E-state index in [1.165, 1.54) is 0 Å². The number of amides is 1. The van der Waals surface area contributed by atoms with Crippen LogP contribution in [0.2, 0.25) is 0 Å². The molecule has 0 saturated heterocycles. The van der Waals surface area contributed by atoms with Crippen LogP contribution in [0.5, 0.6) is 11.5 Å². The zero-order valence-corrected chi connectivity index (χ0v) is 18.8. The van der Waals surface area contributed by atoms with Crippen molar-refractivity contribution in [3.8, 4) is 11.5 Å². The van der Waals surface area contributed by atoms with Crippen molar-refractivity contribution in [2.45, 2.75) is 88.8 Å². The topological polar surface area (TPSA) is 77.0 Å². The second-order valence-corrected chi connectivity index (χ2v) is 9.80. The van der Waals surface area contributed by atoms with E-state index in [-0.39, 0.29) is 41.6 Å². The van der Waals surface area contributed by atoms with Crippen molar-refractivity contribution in [1.82, 2.24) is 5.32 Å². The van der Waals surface area contributed by atoms with Crippen LogP contribution in [0.3, 0.4) is 0 Å². The molecule has 1 amide bonds. The summed E-state index contributed by atoms with van der Waals surface area (Å²) in [6.07, 6.45) is 6.09. The summed E-state index contributed by atoms with van der Waals surface area (Å²) in [5.41, 5.74) is -0.744. The predicted octanol–water partition coefficient (Wildman–Crippen LogP) is 4.19. The smallest absolute Gasteiger partial charge is 0.387 e. The molecule has 2 N–H and O–H groups in total. The van der Waals surface area contributed by atoms with Crippen LogP contribution in [0.15, 0.2) is 18.2 Å². The summed E-state index contributed by atoms with van der Waals surface area (Å²) in [5.74, 6) is -0.830. The third kappa shape index (κ3) is 6.53. The van der Waals surface area contributed by atoms with Crippen molar-refractivity contribution >= 4 is 5.91 Å². The van der Waals surface area contributed by atoms with Crippen LogP contribution in [0.25, 0.3) is 0 Å². The Bertz CT molecular complexity index is 818. The fourth-order valence-electron chi connectivity index (χ4n) is 4.63. The summed E-state index contributed by atoms with van der Waals surface area (Å²) in [6, 6.07) is 3.23. The molecule has 1 aromatic rings. The lowest BCUT2D eigenvalue weighted by molar-refractivity contribution is -0.132. The lowest BCUT2D eigenvalue weighted by Crippen LogP contribution is -2.48. The van der Waals surface area contributed by atoms with E-state index in [2.05, 4.69) is 10.1 Å². The van der Waals surface area contributed by atoms with E-state index in [1.54, 1.807) is 0 Å². The van der Waals surface area contributed by atoms with Gasteiger partial charge in [-0.2, -0.15) is 8.78 Å². The normalized spacial score (nSPS) is 29.2. The van der Waals surface area contributed by atoms with Crippen molar-refractivity contribution in [3.63, 3.8) is 0 Å². The molecule has 3 saturated carbocycles. The number of benzene rings is 1. The van der Waals surface area contributed by atoms with Gasteiger partial charge in [-0.15, -0.1) is 0 Å². The standard InChI is InChI=1S/C24H32F3NO5/c1-24(30,15-2-3-15)13-31-18-7-5-17(6-8-18)28-22(29)14-10-19(11-14)32-21-12-16(25)4-9-20(21)33-23(26)27/h4,9,12,14-15,17-19,23,30H,2-3,5-8,10-11,13H2,1H3,(H,28,29)/t14-,17-,18-,19-,24?. The molecule has 9 heteroatoms. The van der Waals surface area contributed by atoms with Gasteiger partial charge in [0.25, 0.3) is 0 Å². The van der Waals surface area contributed by atoms with Gasteiger partial charge in [0.15, 0.2) is 11.5 Å². The summed E-state index contributed by atoms with van der Waals surface area (Å²) >= 11 is 0. The number of hydrogen-bond acceptors (Lipinski definition) is 5. The average Bonchev–Trinajstić information content (AvgIpc) is 3.57. The number of ether oxygens (including phenoxy) is 3. The van der Waals surface area contributed by atoms with Crippen LogP contribution in [-0.2, 0) is 9.53 Å². The first kappa shape index (κ1) is 24.1.